The van der Waals surface area contributed by atoms with Crippen molar-refractivity contribution in [3.63, 3.8) is 0 Å². The number of ether oxygens (including phenoxy) is 1. The fourth-order valence-corrected chi connectivity index (χ4v) is 1.48. The molecule has 0 aliphatic heterocycles. The summed E-state index contributed by atoms with van der Waals surface area (Å²) in [6.07, 6.45) is 1.62. The molecule has 0 fully saturated rings. The van der Waals surface area contributed by atoms with Gasteiger partial charge in [0, 0.05) is 6.20 Å². The van der Waals surface area contributed by atoms with E-state index in [4.69, 9.17) is 4.74 Å². The van der Waals surface area contributed by atoms with E-state index in [9.17, 15) is 4.79 Å². The average molecular weight is 218 g/mol. The van der Waals surface area contributed by atoms with Gasteiger partial charge in [0.15, 0.2) is 0 Å². The van der Waals surface area contributed by atoms with E-state index in [-0.39, 0.29) is 5.69 Å². The number of rotatable bonds is 3. The number of hydrogen-bond acceptors (Lipinski definition) is 2. The molecule has 2 aromatic rings. The van der Waals surface area contributed by atoms with Crippen LogP contribution in [0.15, 0.2) is 29.2 Å². The molecule has 1 aromatic heterocycles. The molecule has 2 rings (SSSR count). The van der Waals surface area contributed by atoms with Crippen molar-refractivity contribution in [3.05, 3.63) is 51.7 Å². The van der Waals surface area contributed by atoms with Crippen molar-refractivity contribution >= 4 is 0 Å². The molecule has 0 radical (unpaired) electrons. The van der Waals surface area contributed by atoms with E-state index in [0.29, 0.717) is 6.61 Å². The maximum absolute atomic E-state index is 10.9. The summed E-state index contributed by atoms with van der Waals surface area (Å²) < 4.78 is 5.63. The zero-order valence-corrected chi connectivity index (χ0v) is 9.33. The highest BCUT2D eigenvalue weighted by atomic mass is 16.5. The molecule has 2 N–H and O–H groups in total. The predicted molar refractivity (Wildman–Crippen MR) is 61.7 cm³/mol. The molecule has 84 valence electrons. The van der Waals surface area contributed by atoms with Crippen LogP contribution in [0.2, 0.25) is 0 Å². The van der Waals surface area contributed by atoms with Crippen LogP contribution in [0.1, 0.15) is 16.8 Å². The maximum Gasteiger partial charge on any atom is 0.323 e. The van der Waals surface area contributed by atoms with Crippen LogP contribution in [0.3, 0.4) is 0 Å². The van der Waals surface area contributed by atoms with Gasteiger partial charge in [-0.3, -0.25) is 0 Å². The number of hydrogen-bond donors (Lipinski definition) is 2. The second kappa shape index (κ2) is 4.26. The van der Waals surface area contributed by atoms with Crippen molar-refractivity contribution < 1.29 is 4.74 Å². The highest BCUT2D eigenvalue weighted by molar-refractivity contribution is 5.38. The normalized spacial score (nSPS) is 10.4. The van der Waals surface area contributed by atoms with E-state index in [1.807, 2.05) is 32.0 Å². The Labute approximate surface area is 93.3 Å². The van der Waals surface area contributed by atoms with Gasteiger partial charge in [-0.05, 0) is 31.0 Å². The molecule has 4 heteroatoms. The Morgan fingerprint density at radius 2 is 2.12 bits per heavy atom. The van der Waals surface area contributed by atoms with Crippen LogP contribution in [0.25, 0.3) is 0 Å². The standard InChI is InChI=1S/C12H14N2O2/c1-8-4-3-5-11(9(8)2)16-7-10-6-13-12(15)14-10/h3-6H,7H2,1-2H3,(H2,13,14,15). The second-order valence-electron chi connectivity index (χ2n) is 3.75. The number of imidazole rings is 1. The fourth-order valence-electron chi connectivity index (χ4n) is 1.48. The molecule has 0 saturated heterocycles. The fraction of sp³-hybridized carbons (Fsp3) is 0.250. The van der Waals surface area contributed by atoms with Crippen LogP contribution in [0.5, 0.6) is 5.75 Å². The summed E-state index contributed by atoms with van der Waals surface area (Å²) in [5.41, 5.74) is 2.85. The lowest BCUT2D eigenvalue weighted by atomic mass is 10.1. The largest absolute Gasteiger partial charge is 0.487 e. The lowest BCUT2D eigenvalue weighted by Gasteiger charge is -2.09. The third-order valence-electron chi connectivity index (χ3n) is 2.59. The molecule has 0 bridgehead atoms. The predicted octanol–water partition coefficient (Wildman–Crippen LogP) is 1.90. The molecule has 0 aliphatic rings. The first-order valence-electron chi connectivity index (χ1n) is 5.12. The third-order valence-corrected chi connectivity index (χ3v) is 2.59. The van der Waals surface area contributed by atoms with Crippen LogP contribution in [0, 0.1) is 13.8 Å². The topological polar surface area (TPSA) is 57.9 Å². The van der Waals surface area contributed by atoms with E-state index in [2.05, 4.69) is 9.97 Å². The van der Waals surface area contributed by atoms with Crippen molar-refractivity contribution in [3.8, 4) is 5.75 Å². The van der Waals surface area contributed by atoms with Gasteiger partial charge in [-0.25, -0.2) is 4.79 Å². The molecule has 1 aromatic carbocycles. The Bertz CT molecular complexity index is 540. The first-order chi connectivity index (χ1) is 7.66. The van der Waals surface area contributed by atoms with E-state index in [0.717, 1.165) is 17.0 Å². The van der Waals surface area contributed by atoms with Gasteiger partial charge >= 0.3 is 5.69 Å². The molecule has 4 nitrogen and oxygen atoms in total. The average Bonchev–Trinajstić information content (AvgIpc) is 2.67. The van der Waals surface area contributed by atoms with Gasteiger partial charge in [0.05, 0.1) is 5.69 Å². The Morgan fingerprint density at radius 3 is 2.81 bits per heavy atom. The van der Waals surface area contributed by atoms with Gasteiger partial charge < -0.3 is 14.7 Å². The number of aromatic nitrogens is 2. The number of aryl methyl sites for hydroxylation is 1. The molecule has 0 saturated carbocycles. The summed E-state index contributed by atoms with van der Waals surface area (Å²) in [6.45, 7) is 4.42. The smallest absolute Gasteiger partial charge is 0.323 e. The van der Waals surface area contributed by atoms with Gasteiger partial charge in [-0.2, -0.15) is 0 Å². The zero-order chi connectivity index (χ0) is 11.5. The van der Waals surface area contributed by atoms with Gasteiger partial charge in [0.25, 0.3) is 0 Å². The number of nitrogens with one attached hydrogen (secondary N) is 2. The van der Waals surface area contributed by atoms with E-state index < -0.39 is 0 Å². The lowest BCUT2D eigenvalue weighted by molar-refractivity contribution is 0.299. The van der Waals surface area contributed by atoms with Crippen molar-refractivity contribution in [2.75, 3.05) is 0 Å². The van der Waals surface area contributed by atoms with Crippen LogP contribution in [0.4, 0.5) is 0 Å². The number of aromatic amines is 2. The Hall–Kier alpha value is -1.97. The van der Waals surface area contributed by atoms with E-state index >= 15 is 0 Å². The first kappa shape index (κ1) is 10.5. The Balaban J connectivity index is 2.10. The zero-order valence-electron chi connectivity index (χ0n) is 9.33. The molecule has 0 spiro atoms. The molecule has 1 heterocycles. The van der Waals surface area contributed by atoms with Gasteiger partial charge in [0.1, 0.15) is 12.4 Å². The van der Waals surface area contributed by atoms with Crippen molar-refractivity contribution in [2.24, 2.45) is 0 Å². The van der Waals surface area contributed by atoms with E-state index in [1.54, 1.807) is 6.20 Å². The molecule has 0 atom stereocenters. The summed E-state index contributed by atoms with van der Waals surface area (Å²) in [7, 11) is 0. The molecule has 0 aliphatic carbocycles. The minimum atomic E-state index is -0.209. The quantitative estimate of drug-likeness (QED) is 0.826. The van der Waals surface area contributed by atoms with Gasteiger partial charge in [-0.1, -0.05) is 12.1 Å². The highest BCUT2D eigenvalue weighted by Crippen LogP contribution is 2.21. The van der Waals surface area contributed by atoms with Gasteiger partial charge in [-0.15, -0.1) is 0 Å². The lowest BCUT2D eigenvalue weighted by Crippen LogP contribution is -2.03. The summed E-state index contributed by atoms with van der Waals surface area (Å²) in [5.74, 6) is 0.849. The SMILES string of the molecule is Cc1cccc(OCc2c[nH]c(=O)[nH]2)c1C. The minimum absolute atomic E-state index is 0.209. The summed E-state index contributed by atoms with van der Waals surface area (Å²) >= 11 is 0. The maximum atomic E-state index is 10.9. The molecular formula is C12H14N2O2. The molecular weight excluding hydrogens is 204 g/mol. The summed E-state index contributed by atoms with van der Waals surface area (Å²) in [5, 5.41) is 0. The minimum Gasteiger partial charge on any atom is -0.487 e. The van der Waals surface area contributed by atoms with Crippen molar-refractivity contribution in [1.29, 1.82) is 0 Å². The molecule has 0 amide bonds. The van der Waals surface area contributed by atoms with E-state index in [1.165, 1.54) is 5.56 Å². The van der Waals surface area contributed by atoms with Gasteiger partial charge in [0.2, 0.25) is 0 Å². The molecule has 0 unspecified atom stereocenters. The van der Waals surface area contributed by atoms with Crippen molar-refractivity contribution in [1.82, 2.24) is 9.97 Å². The number of benzene rings is 1. The highest BCUT2D eigenvalue weighted by Gasteiger charge is 2.02. The Morgan fingerprint density at radius 1 is 1.31 bits per heavy atom. The monoisotopic (exact) mass is 218 g/mol. The summed E-state index contributed by atoms with van der Waals surface area (Å²) in [4.78, 5) is 16.0. The number of H-pyrrole nitrogens is 2. The van der Waals surface area contributed by atoms with Crippen LogP contribution in [-0.2, 0) is 6.61 Å². The van der Waals surface area contributed by atoms with Crippen LogP contribution in [-0.4, -0.2) is 9.97 Å². The van der Waals surface area contributed by atoms with Crippen LogP contribution < -0.4 is 10.4 Å². The van der Waals surface area contributed by atoms with Crippen LogP contribution >= 0.6 is 0 Å². The van der Waals surface area contributed by atoms with Crippen molar-refractivity contribution in [2.45, 2.75) is 20.5 Å². The summed E-state index contributed by atoms with van der Waals surface area (Å²) in [6, 6.07) is 5.92. The first-order valence-corrected chi connectivity index (χ1v) is 5.12. The Kier molecular flexibility index (Phi) is 2.81. The third kappa shape index (κ3) is 2.16. The second-order valence-corrected chi connectivity index (χ2v) is 3.75. The molecule has 16 heavy (non-hydrogen) atoms.